The van der Waals surface area contributed by atoms with Gasteiger partial charge in [0, 0.05) is 6.04 Å². The van der Waals surface area contributed by atoms with E-state index < -0.39 is 0 Å². The Morgan fingerprint density at radius 2 is 1.69 bits per heavy atom. The molecule has 0 spiro atoms. The maximum atomic E-state index is 6.05. The molecule has 0 saturated heterocycles. The summed E-state index contributed by atoms with van der Waals surface area (Å²) < 4.78 is 0. The third-order valence-electron chi connectivity index (χ3n) is 5.53. The van der Waals surface area contributed by atoms with Crippen LogP contribution in [0.15, 0.2) is 0 Å². The third kappa shape index (κ3) is 0.721. The van der Waals surface area contributed by atoms with Crippen LogP contribution in [0.2, 0.25) is 0 Å². The summed E-state index contributed by atoms with van der Waals surface area (Å²) in [5.74, 6) is 7.84. The average molecular weight is 200 g/mol. The van der Waals surface area contributed by atoms with Gasteiger partial charge in [-0.2, -0.15) is 0 Å². The van der Waals surface area contributed by atoms with Gasteiger partial charge < -0.3 is 5.73 Å². The van der Waals surface area contributed by atoms with Crippen molar-refractivity contribution in [2.24, 2.45) is 47.2 Å². The van der Waals surface area contributed by atoms with Crippen molar-refractivity contribution in [2.45, 2.75) is 25.8 Å². The Balaban J connectivity index is 0.000000562. The molecule has 74 valence electrons. The van der Waals surface area contributed by atoms with Crippen molar-refractivity contribution < 1.29 is 0 Å². The first-order valence-electron chi connectivity index (χ1n) is 5.54. The maximum absolute atomic E-state index is 6.05. The van der Waals surface area contributed by atoms with Crippen LogP contribution in [-0.4, -0.2) is 6.04 Å². The molecule has 5 rings (SSSR count). The van der Waals surface area contributed by atoms with Crippen LogP contribution < -0.4 is 5.73 Å². The first-order chi connectivity index (χ1) is 5.79. The Kier molecular flexibility index (Phi) is 1.48. The van der Waals surface area contributed by atoms with E-state index in [0.717, 1.165) is 23.7 Å². The molecule has 1 nitrogen and oxygen atoms in total. The Morgan fingerprint density at radius 1 is 1.00 bits per heavy atom. The summed E-state index contributed by atoms with van der Waals surface area (Å²) in [6.07, 6.45) is 3.08. The highest BCUT2D eigenvalue weighted by atomic mass is 35.5. The van der Waals surface area contributed by atoms with Crippen LogP contribution in [0.25, 0.3) is 0 Å². The summed E-state index contributed by atoms with van der Waals surface area (Å²) in [6, 6.07) is 0.475. The molecule has 0 aromatic rings. The lowest BCUT2D eigenvalue weighted by Crippen LogP contribution is -2.31. The molecule has 5 fully saturated rings. The van der Waals surface area contributed by atoms with E-state index in [-0.39, 0.29) is 12.4 Å². The second-order valence-electron chi connectivity index (χ2n) is 5.72. The minimum absolute atomic E-state index is 0. The zero-order chi connectivity index (χ0) is 8.03. The van der Waals surface area contributed by atoms with Crippen LogP contribution in [-0.2, 0) is 0 Å². The van der Waals surface area contributed by atoms with E-state index in [1.54, 1.807) is 6.42 Å². The molecular weight excluding hydrogens is 182 g/mol. The van der Waals surface area contributed by atoms with Gasteiger partial charge in [-0.1, -0.05) is 0 Å². The quantitative estimate of drug-likeness (QED) is 0.686. The van der Waals surface area contributed by atoms with Gasteiger partial charge in [0.2, 0.25) is 0 Å². The molecule has 0 heterocycles. The van der Waals surface area contributed by atoms with Crippen molar-refractivity contribution >= 4 is 12.4 Å². The molecule has 13 heavy (non-hydrogen) atoms. The van der Waals surface area contributed by atoms with Crippen LogP contribution in [0.5, 0.6) is 0 Å². The summed E-state index contributed by atoms with van der Waals surface area (Å²) in [4.78, 5) is 0. The van der Waals surface area contributed by atoms with E-state index in [9.17, 15) is 0 Å². The molecular formula is C11H18ClN. The highest BCUT2D eigenvalue weighted by molar-refractivity contribution is 5.85. The molecule has 0 aromatic heterocycles. The molecule has 0 aromatic carbocycles. The molecule has 0 aliphatic heterocycles. The van der Waals surface area contributed by atoms with E-state index in [1.165, 1.54) is 24.2 Å². The summed E-state index contributed by atoms with van der Waals surface area (Å²) in [7, 11) is 0. The average Bonchev–Trinajstić information content (AvgIpc) is 2.45. The lowest BCUT2D eigenvalue weighted by molar-refractivity contribution is 0.272. The Labute approximate surface area is 85.9 Å². The van der Waals surface area contributed by atoms with Gasteiger partial charge in [-0.25, -0.2) is 0 Å². The minimum Gasteiger partial charge on any atom is -0.328 e. The summed E-state index contributed by atoms with van der Waals surface area (Å²) in [5.41, 5.74) is 6.05. The van der Waals surface area contributed by atoms with Crippen LogP contribution in [0.1, 0.15) is 19.8 Å². The normalized spacial score (nSPS) is 66.5. The Bertz CT molecular complexity index is 252. The van der Waals surface area contributed by atoms with Gasteiger partial charge in [0.15, 0.2) is 0 Å². The highest BCUT2D eigenvalue weighted by Crippen LogP contribution is 2.82. The van der Waals surface area contributed by atoms with Gasteiger partial charge >= 0.3 is 0 Å². The largest absolute Gasteiger partial charge is 0.328 e. The van der Waals surface area contributed by atoms with E-state index in [0.29, 0.717) is 6.04 Å². The minimum atomic E-state index is 0. The van der Waals surface area contributed by atoms with Gasteiger partial charge in [-0.15, -0.1) is 12.4 Å². The zero-order valence-corrected chi connectivity index (χ0v) is 8.84. The fraction of sp³-hybridized carbons (Fsp3) is 1.00. The van der Waals surface area contributed by atoms with Gasteiger partial charge in [0.05, 0.1) is 0 Å². The van der Waals surface area contributed by atoms with Gasteiger partial charge in [0.1, 0.15) is 0 Å². The second kappa shape index (κ2) is 2.25. The van der Waals surface area contributed by atoms with Gasteiger partial charge in [-0.3, -0.25) is 0 Å². The van der Waals surface area contributed by atoms with Crippen molar-refractivity contribution in [3.8, 4) is 0 Å². The first-order valence-corrected chi connectivity index (χ1v) is 5.54. The Hall–Kier alpha value is 0.250. The third-order valence-corrected chi connectivity index (χ3v) is 5.53. The second-order valence-corrected chi connectivity index (χ2v) is 5.72. The van der Waals surface area contributed by atoms with Gasteiger partial charge in [0.25, 0.3) is 0 Å². The number of nitrogens with two attached hydrogens (primary N) is 1. The van der Waals surface area contributed by atoms with E-state index >= 15 is 0 Å². The zero-order valence-electron chi connectivity index (χ0n) is 8.02. The summed E-state index contributed by atoms with van der Waals surface area (Å²) >= 11 is 0. The van der Waals surface area contributed by atoms with Crippen LogP contribution in [0.3, 0.4) is 0 Å². The van der Waals surface area contributed by atoms with Gasteiger partial charge in [-0.05, 0) is 61.2 Å². The number of halogens is 1. The van der Waals surface area contributed by atoms with E-state index in [1.807, 2.05) is 0 Å². The van der Waals surface area contributed by atoms with E-state index in [2.05, 4.69) is 6.92 Å². The molecule has 5 aliphatic carbocycles. The topological polar surface area (TPSA) is 26.0 Å². The molecule has 6 bridgehead atoms. The predicted octanol–water partition coefficient (Wildman–Crippen LogP) is 1.90. The number of rotatable bonds is 1. The predicted molar refractivity (Wildman–Crippen MR) is 54.6 cm³/mol. The van der Waals surface area contributed by atoms with Crippen LogP contribution in [0, 0.1) is 41.4 Å². The molecule has 2 N–H and O–H groups in total. The van der Waals surface area contributed by atoms with Crippen molar-refractivity contribution in [1.29, 1.82) is 0 Å². The molecule has 5 saturated carbocycles. The standard InChI is InChI=1S/C11H17N.ClH/c1-4(12)5-2-6-7-3-8-10(6)11(8)9(5)7;/h4-11H,2-3,12H2,1H3;1H. The van der Waals surface area contributed by atoms with E-state index in [4.69, 9.17) is 5.73 Å². The monoisotopic (exact) mass is 199 g/mol. The lowest BCUT2D eigenvalue weighted by atomic mass is 9.84. The van der Waals surface area contributed by atoms with Crippen molar-refractivity contribution in [3.05, 3.63) is 0 Å². The number of hydrogen-bond donors (Lipinski definition) is 1. The Morgan fingerprint density at radius 3 is 2.15 bits per heavy atom. The van der Waals surface area contributed by atoms with Crippen LogP contribution >= 0.6 is 12.4 Å². The molecule has 5 aliphatic rings. The molecule has 0 amide bonds. The molecule has 8 unspecified atom stereocenters. The fourth-order valence-corrected chi connectivity index (χ4v) is 5.36. The summed E-state index contributed by atoms with van der Waals surface area (Å²) in [5, 5.41) is 0. The van der Waals surface area contributed by atoms with Crippen molar-refractivity contribution in [1.82, 2.24) is 0 Å². The molecule has 2 heteroatoms. The number of hydrogen-bond acceptors (Lipinski definition) is 1. The highest BCUT2D eigenvalue weighted by Gasteiger charge is 2.77. The maximum Gasteiger partial charge on any atom is 0.00417 e. The van der Waals surface area contributed by atoms with Crippen molar-refractivity contribution in [3.63, 3.8) is 0 Å². The molecule has 0 radical (unpaired) electrons. The first kappa shape index (κ1) is 8.55. The lowest BCUT2D eigenvalue weighted by Gasteiger charge is -2.24. The smallest absolute Gasteiger partial charge is 0.00417 e. The SMILES string of the molecule is CC(N)C1CC2C3CC4C2C4C13.Cl. The van der Waals surface area contributed by atoms with Crippen LogP contribution in [0.4, 0.5) is 0 Å². The fourth-order valence-electron chi connectivity index (χ4n) is 5.36. The van der Waals surface area contributed by atoms with Crippen molar-refractivity contribution in [2.75, 3.05) is 0 Å². The summed E-state index contributed by atoms with van der Waals surface area (Å²) in [6.45, 7) is 2.22. The molecule has 8 atom stereocenters.